The number of hydrogen-bond donors (Lipinski definition) is 1. The molecule has 3 heterocycles. The van der Waals surface area contributed by atoms with Crippen LogP contribution in [-0.2, 0) is 19.5 Å². The van der Waals surface area contributed by atoms with Gasteiger partial charge >= 0.3 is 5.69 Å². The molecule has 4 aromatic rings. The largest absolute Gasteiger partial charge is 0.334 e. The van der Waals surface area contributed by atoms with Crippen molar-refractivity contribution in [3.63, 3.8) is 0 Å². The molecule has 0 saturated heterocycles. The predicted molar refractivity (Wildman–Crippen MR) is 122 cm³/mol. The molecule has 0 aliphatic rings. The fourth-order valence-corrected chi connectivity index (χ4v) is 3.86. The summed E-state index contributed by atoms with van der Waals surface area (Å²) in [6.07, 6.45) is 3.63. The molecule has 0 bridgehead atoms. The Kier molecular flexibility index (Phi) is 6.55. The molecule has 0 aliphatic carbocycles. The minimum absolute atomic E-state index is 0.0982. The molecule has 0 fully saturated rings. The van der Waals surface area contributed by atoms with Gasteiger partial charge < -0.3 is 9.51 Å². The quantitative estimate of drug-likeness (QED) is 0.303. The minimum atomic E-state index is -0.404. The van der Waals surface area contributed by atoms with Crippen LogP contribution >= 0.6 is 11.6 Å². The van der Waals surface area contributed by atoms with Crippen LogP contribution in [0.4, 0.5) is 0 Å². The van der Waals surface area contributed by atoms with Crippen molar-refractivity contribution in [3.05, 3.63) is 61.8 Å². The molecule has 32 heavy (non-hydrogen) atoms. The molecule has 0 radical (unpaired) electrons. The van der Waals surface area contributed by atoms with Crippen LogP contribution in [0.3, 0.4) is 0 Å². The first kappa shape index (κ1) is 22.0. The molecule has 0 unspecified atom stereocenters. The molecule has 0 aliphatic heterocycles. The van der Waals surface area contributed by atoms with Crippen LogP contribution in [0.25, 0.3) is 22.6 Å². The van der Waals surface area contributed by atoms with Gasteiger partial charge in [0, 0.05) is 25.1 Å². The maximum Gasteiger partial charge on any atom is 0.332 e. The maximum atomic E-state index is 13.0. The molecule has 168 valence electrons. The van der Waals surface area contributed by atoms with Crippen LogP contribution < -0.4 is 11.2 Å². The van der Waals surface area contributed by atoms with E-state index in [-0.39, 0.29) is 16.5 Å². The third kappa shape index (κ3) is 4.38. The van der Waals surface area contributed by atoms with E-state index in [1.165, 1.54) is 9.13 Å². The van der Waals surface area contributed by atoms with E-state index in [9.17, 15) is 9.59 Å². The molecule has 9 nitrogen and oxygen atoms in total. The normalized spacial score (nSPS) is 11.5. The van der Waals surface area contributed by atoms with E-state index >= 15 is 0 Å². The highest BCUT2D eigenvalue weighted by molar-refractivity contribution is 6.28. The molecule has 1 aromatic carbocycles. The second-order valence-electron chi connectivity index (χ2n) is 7.76. The summed E-state index contributed by atoms with van der Waals surface area (Å²) >= 11 is 5.96. The first-order chi connectivity index (χ1) is 15.5. The summed E-state index contributed by atoms with van der Waals surface area (Å²) in [5, 5.41) is 4.15. The van der Waals surface area contributed by atoms with Gasteiger partial charge in [-0.15, -0.1) is 0 Å². The lowest BCUT2D eigenvalue weighted by Gasteiger charge is -2.10. The average Bonchev–Trinajstić information content (AvgIpc) is 3.40. The van der Waals surface area contributed by atoms with E-state index in [4.69, 9.17) is 16.1 Å². The number of aromatic amines is 1. The minimum Gasteiger partial charge on any atom is -0.334 e. The number of H-pyrrole nitrogens is 1. The standard InChI is InChI=1S/C22H25ClN6O3/c1-3-4-12-28-18-17(25-21(23)26-18)20(30)29(22(28)31)13-8-7-11-16-24-19(32-27-16)15-10-6-5-9-14(15)2/h5-6,9-10H,3-4,7-8,11-13H2,1-2H3,(H,25,26). The van der Waals surface area contributed by atoms with Crippen LogP contribution in [-0.4, -0.2) is 29.2 Å². The molecular formula is C22H25ClN6O3. The number of nitrogens with zero attached hydrogens (tertiary/aromatic N) is 5. The van der Waals surface area contributed by atoms with Crippen molar-refractivity contribution in [2.45, 2.75) is 59.0 Å². The Morgan fingerprint density at radius 2 is 1.84 bits per heavy atom. The van der Waals surface area contributed by atoms with Crippen molar-refractivity contribution in [1.82, 2.24) is 29.2 Å². The van der Waals surface area contributed by atoms with Crippen molar-refractivity contribution < 1.29 is 4.52 Å². The van der Waals surface area contributed by atoms with E-state index in [1.54, 1.807) is 0 Å². The van der Waals surface area contributed by atoms with Gasteiger partial charge in [0.05, 0.1) is 0 Å². The third-order valence-corrected chi connectivity index (χ3v) is 5.62. The number of halogens is 1. The number of rotatable bonds is 9. The lowest BCUT2D eigenvalue weighted by Crippen LogP contribution is -2.40. The second kappa shape index (κ2) is 9.52. The van der Waals surface area contributed by atoms with Gasteiger partial charge in [-0.05, 0) is 49.4 Å². The van der Waals surface area contributed by atoms with Gasteiger partial charge in [0.15, 0.2) is 17.0 Å². The molecule has 0 atom stereocenters. The highest BCUT2D eigenvalue weighted by Crippen LogP contribution is 2.21. The van der Waals surface area contributed by atoms with E-state index < -0.39 is 5.56 Å². The summed E-state index contributed by atoms with van der Waals surface area (Å²) in [4.78, 5) is 37.2. The predicted octanol–water partition coefficient (Wildman–Crippen LogP) is 3.72. The van der Waals surface area contributed by atoms with Gasteiger partial charge in [-0.3, -0.25) is 13.9 Å². The lowest BCUT2D eigenvalue weighted by atomic mass is 10.1. The number of aromatic nitrogens is 6. The number of unbranched alkanes of at least 4 members (excludes halogenated alkanes) is 2. The Morgan fingerprint density at radius 1 is 1.06 bits per heavy atom. The Hall–Kier alpha value is -3.20. The zero-order chi connectivity index (χ0) is 22.7. The summed E-state index contributed by atoms with van der Waals surface area (Å²) < 4.78 is 8.17. The first-order valence-electron chi connectivity index (χ1n) is 10.8. The van der Waals surface area contributed by atoms with Crippen LogP contribution in [0.5, 0.6) is 0 Å². The van der Waals surface area contributed by atoms with Crippen molar-refractivity contribution in [3.8, 4) is 11.5 Å². The van der Waals surface area contributed by atoms with Crippen molar-refractivity contribution >= 4 is 22.8 Å². The Bertz CT molecular complexity index is 1350. The molecule has 0 amide bonds. The number of benzene rings is 1. The number of aryl methyl sites for hydroxylation is 3. The van der Waals surface area contributed by atoms with Gasteiger partial charge in [0.2, 0.25) is 5.28 Å². The monoisotopic (exact) mass is 456 g/mol. The number of nitrogens with one attached hydrogen (secondary N) is 1. The second-order valence-corrected chi connectivity index (χ2v) is 8.12. The highest BCUT2D eigenvalue weighted by atomic mass is 35.5. The van der Waals surface area contributed by atoms with E-state index in [1.807, 2.05) is 38.1 Å². The molecule has 1 N–H and O–H groups in total. The van der Waals surface area contributed by atoms with Gasteiger partial charge in [0.1, 0.15) is 0 Å². The fraction of sp³-hybridized carbons (Fsp3) is 0.409. The van der Waals surface area contributed by atoms with E-state index in [2.05, 4.69) is 20.1 Å². The van der Waals surface area contributed by atoms with Gasteiger partial charge in [-0.2, -0.15) is 9.97 Å². The first-order valence-corrected chi connectivity index (χ1v) is 11.1. The SMILES string of the molecule is CCCCn1c(=O)n(CCCCc2noc(-c3ccccc3C)n2)c(=O)c2[nH]c(Cl)nc21. The van der Waals surface area contributed by atoms with Crippen LogP contribution in [0, 0.1) is 6.92 Å². The number of imidazole rings is 1. The zero-order valence-electron chi connectivity index (χ0n) is 18.1. The summed E-state index contributed by atoms with van der Waals surface area (Å²) in [6.45, 7) is 4.81. The van der Waals surface area contributed by atoms with Crippen LogP contribution in [0.1, 0.15) is 44.0 Å². The van der Waals surface area contributed by atoms with Crippen LogP contribution in [0.15, 0.2) is 38.4 Å². The van der Waals surface area contributed by atoms with Crippen molar-refractivity contribution in [1.29, 1.82) is 0 Å². The summed E-state index contributed by atoms with van der Waals surface area (Å²) in [6, 6.07) is 7.83. The molecule has 3 aromatic heterocycles. The van der Waals surface area contributed by atoms with E-state index in [0.717, 1.165) is 24.0 Å². The molecular weight excluding hydrogens is 432 g/mol. The number of hydrogen-bond acceptors (Lipinski definition) is 6. The number of fused-ring (bicyclic) bond motifs is 1. The highest BCUT2D eigenvalue weighted by Gasteiger charge is 2.17. The smallest absolute Gasteiger partial charge is 0.332 e. The van der Waals surface area contributed by atoms with Gasteiger partial charge in [0.25, 0.3) is 11.4 Å². The summed E-state index contributed by atoms with van der Waals surface area (Å²) in [7, 11) is 0. The zero-order valence-corrected chi connectivity index (χ0v) is 18.9. The Balaban J connectivity index is 1.47. The molecule has 4 rings (SSSR count). The van der Waals surface area contributed by atoms with Gasteiger partial charge in [-0.1, -0.05) is 36.7 Å². The third-order valence-electron chi connectivity index (χ3n) is 5.44. The van der Waals surface area contributed by atoms with Crippen molar-refractivity contribution in [2.24, 2.45) is 0 Å². The fourth-order valence-electron chi connectivity index (χ4n) is 3.68. The molecule has 0 spiro atoms. The average molecular weight is 457 g/mol. The summed E-state index contributed by atoms with van der Waals surface area (Å²) in [5.74, 6) is 1.10. The van der Waals surface area contributed by atoms with Gasteiger partial charge in [-0.25, -0.2) is 4.79 Å². The Morgan fingerprint density at radius 3 is 2.62 bits per heavy atom. The maximum absolute atomic E-state index is 13.0. The molecule has 10 heteroatoms. The Labute approximate surface area is 189 Å². The molecule has 0 saturated carbocycles. The summed E-state index contributed by atoms with van der Waals surface area (Å²) in [5.41, 5.74) is 1.78. The van der Waals surface area contributed by atoms with E-state index in [0.29, 0.717) is 49.7 Å². The topological polar surface area (TPSA) is 112 Å². The lowest BCUT2D eigenvalue weighted by molar-refractivity contribution is 0.420. The van der Waals surface area contributed by atoms with Crippen LogP contribution in [0.2, 0.25) is 5.28 Å². The van der Waals surface area contributed by atoms with Crippen molar-refractivity contribution in [2.75, 3.05) is 0 Å².